The van der Waals surface area contributed by atoms with Crippen molar-refractivity contribution in [3.63, 3.8) is 0 Å². The molecule has 182 valence electrons. The molecule has 6 heteroatoms. The summed E-state index contributed by atoms with van der Waals surface area (Å²) in [7, 11) is -2.98. The molecular formula is C27H38O5S. The molecule has 33 heavy (non-hydrogen) atoms. The maximum atomic E-state index is 13.7. The highest BCUT2D eigenvalue weighted by Crippen LogP contribution is 2.43. The van der Waals surface area contributed by atoms with Gasteiger partial charge < -0.3 is 4.74 Å². The number of allylic oxidation sites excluding steroid dienone is 2. The van der Waals surface area contributed by atoms with Gasteiger partial charge in [-0.25, -0.2) is 8.42 Å². The van der Waals surface area contributed by atoms with E-state index in [9.17, 15) is 18.0 Å². The van der Waals surface area contributed by atoms with Gasteiger partial charge >= 0.3 is 5.97 Å². The predicted molar refractivity (Wildman–Crippen MR) is 132 cm³/mol. The lowest BCUT2D eigenvalue weighted by Crippen LogP contribution is -2.33. The summed E-state index contributed by atoms with van der Waals surface area (Å²) < 4.78 is 29.8. The summed E-state index contributed by atoms with van der Waals surface area (Å²) >= 11 is 0. The van der Waals surface area contributed by atoms with Gasteiger partial charge in [0.2, 0.25) is 0 Å². The number of rotatable bonds is 5. The maximum Gasteiger partial charge on any atom is 0.316 e. The second-order valence-corrected chi connectivity index (χ2v) is 13.0. The molecular weight excluding hydrogens is 436 g/mol. The third kappa shape index (κ3) is 5.76. The van der Waals surface area contributed by atoms with Crippen LogP contribution in [0.5, 0.6) is 0 Å². The second-order valence-electron chi connectivity index (χ2n) is 10.7. The van der Waals surface area contributed by atoms with E-state index in [0.717, 1.165) is 35.1 Å². The fraction of sp³-hybridized carbons (Fsp3) is 0.630. The first-order valence-electron chi connectivity index (χ1n) is 12.2. The molecule has 0 radical (unpaired) electrons. The monoisotopic (exact) mass is 474 g/mol. The largest absolute Gasteiger partial charge is 0.430 e. The summed E-state index contributed by atoms with van der Waals surface area (Å²) in [6, 6.07) is 4.24. The Morgan fingerprint density at radius 1 is 1.00 bits per heavy atom. The Balaban J connectivity index is 2.10. The van der Waals surface area contributed by atoms with Gasteiger partial charge in [0.15, 0.2) is 5.78 Å². The topological polar surface area (TPSA) is 77.5 Å². The van der Waals surface area contributed by atoms with Gasteiger partial charge in [-0.1, -0.05) is 31.5 Å². The van der Waals surface area contributed by atoms with Crippen molar-refractivity contribution in [3.8, 4) is 0 Å². The zero-order chi connectivity index (χ0) is 24.6. The minimum absolute atomic E-state index is 0.000111. The Hall–Kier alpha value is -1.95. The van der Waals surface area contributed by atoms with Crippen molar-refractivity contribution in [2.45, 2.75) is 80.1 Å². The van der Waals surface area contributed by atoms with Crippen LogP contribution in [0.2, 0.25) is 0 Å². The van der Waals surface area contributed by atoms with Crippen molar-refractivity contribution in [1.29, 1.82) is 0 Å². The molecule has 1 aromatic rings. The Morgan fingerprint density at radius 3 is 2.03 bits per heavy atom. The van der Waals surface area contributed by atoms with Crippen molar-refractivity contribution in [2.75, 3.05) is 11.5 Å². The van der Waals surface area contributed by atoms with Gasteiger partial charge in [0.25, 0.3) is 0 Å². The molecule has 1 heterocycles. The number of benzene rings is 1. The number of esters is 1. The Bertz CT molecular complexity index is 1030. The average Bonchev–Trinajstić information content (AvgIpc) is 2.72. The van der Waals surface area contributed by atoms with E-state index < -0.39 is 15.3 Å². The van der Waals surface area contributed by atoms with E-state index in [2.05, 4.69) is 32.9 Å². The molecule has 5 nitrogen and oxygen atoms in total. The van der Waals surface area contributed by atoms with Gasteiger partial charge in [-0.15, -0.1) is 0 Å². The number of hydrogen-bond donors (Lipinski definition) is 0. The van der Waals surface area contributed by atoms with Crippen LogP contribution in [0.15, 0.2) is 17.9 Å². The van der Waals surface area contributed by atoms with Gasteiger partial charge in [0, 0.05) is 12.8 Å². The summed E-state index contributed by atoms with van der Waals surface area (Å²) in [5.74, 6) is 0.624. The lowest BCUT2D eigenvalue weighted by atomic mass is 9.74. The van der Waals surface area contributed by atoms with Crippen LogP contribution in [0.3, 0.4) is 0 Å². The number of carbonyl (C=O) groups excluding carboxylic acids is 2. The van der Waals surface area contributed by atoms with Crippen LogP contribution in [0, 0.1) is 24.2 Å². The van der Waals surface area contributed by atoms with Gasteiger partial charge in [0.05, 0.1) is 22.5 Å². The number of ether oxygens (including phenoxy) is 1. The molecule has 3 rings (SSSR count). The predicted octanol–water partition coefficient (Wildman–Crippen LogP) is 5.22. The molecule has 0 bridgehead atoms. The molecule has 0 spiro atoms. The fourth-order valence-electron chi connectivity index (χ4n) is 5.08. The Morgan fingerprint density at radius 2 is 1.55 bits per heavy atom. The molecule has 0 saturated carbocycles. The molecule has 0 amide bonds. The van der Waals surface area contributed by atoms with E-state index in [1.165, 1.54) is 0 Å². The summed E-state index contributed by atoms with van der Waals surface area (Å²) in [5, 5.41) is 0. The smallest absolute Gasteiger partial charge is 0.316 e. The number of hydrogen-bond acceptors (Lipinski definition) is 5. The first kappa shape index (κ1) is 25.7. The van der Waals surface area contributed by atoms with Crippen molar-refractivity contribution in [1.82, 2.24) is 0 Å². The van der Waals surface area contributed by atoms with E-state index in [4.69, 9.17) is 4.74 Å². The summed E-state index contributed by atoms with van der Waals surface area (Å²) in [6.07, 6.45) is 3.57. The maximum absolute atomic E-state index is 13.7. The highest BCUT2D eigenvalue weighted by Gasteiger charge is 2.39. The second kappa shape index (κ2) is 9.73. The zero-order valence-corrected chi connectivity index (χ0v) is 21.7. The molecule has 2 aliphatic rings. The first-order chi connectivity index (χ1) is 15.4. The Labute approximate surface area is 198 Å². The van der Waals surface area contributed by atoms with Crippen molar-refractivity contribution < 1.29 is 22.7 Å². The SMILES string of the molecule is CCc1cc(C)cc(CC)c1C1=C(OC(=O)C(C)(C)C)CC(C2CCS(=O)(=O)CC2)CC1=O. The third-order valence-electron chi connectivity index (χ3n) is 7.00. The highest BCUT2D eigenvalue weighted by molar-refractivity contribution is 7.91. The van der Waals surface area contributed by atoms with Gasteiger partial charge in [-0.3, -0.25) is 9.59 Å². The standard InChI is InChI=1S/C27H38O5S/c1-7-18-13-17(3)14-19(8-2)24(18)25-22(28)15-21(20-9-11-33(30,31)12-10-20)16-23(25)32-26(29)27(4,5)6/h13-14,20-21H,7-12,15-16H2,1-6H3. The van der Waals surface area contributed by atoms with E-state index >= 15 is 0 Å². The Kier molecular flexibility index (Phi) is 7.57. The normalized spacial score (nSPS) is 21.9. The van der Waals surface area contributed by atoms with E-state index in [1.807, 2.05) is 20.8 Å². The lowest BCUT2D eigenvalue weighted by Gasteiger charge is -2.35. The molecule has 1 atom stereocenters. The average molecular weight is 475 g/mol. The number of sulfone groups is 1. The molecule has 0 N–H and O–H groups in total. The highest BCUT2D eigenvalue weighted by atomic mass is 32.2. The molecule has 1 fully saturated rings. The van der Waals surface area contributed by atoms with Crippen LogP contribution in [-0.4, -0.2) is 31.7 Å². The molecule has 0 aromatic heterocycles. The molecule has 1 aromatic carbocycles. The van der Waals surface area contributed by atoms with Gasteiger partial charge in [0.1, 0.15) is 15.6 Å². The zero-order valence-electron chi connectivity index (χ0n) is 20.9. The van der Waals surface area contributed by atoms with Crippen LogP contribution in [0.1, 0.15) is 82.6 Å². The minimum atomic E-state index is -2.98. The van der Waals surface area contributed by atoms with Gasteiger partial charge in [-0.05, 0) is 81.9 Å². The lowest BCUT2D eigenvalue weighted by molar-refractivity contribution is -0.149. The van der Waals surface area contributed by atoms with Crippen LogP contribution >= 0.6 is 0 Å². The van der Waals surface area contributed by atoms with E-state index in [1.54, 1.807) is 0 Å². The van der Waals surface area contributed by atoms with Crippen LogP contribution in [0.25, 0.3) is 5.57 Å². The van der Waals surface area contributed by atoms with Crippen molar-refractivity contribution in [2.24, 2.45) is 17.3 Å². The number of carbonyl (C=O) groups is 2. The quantitative estimate of drug-likeness (QED) is 0.547. The molecule has 1 saturated heterocycles. The third-order valence-corrected chi connectivity index (χ3v) is 8.72. The van der Waals surface area contributed by atoms with Crippen molar-refractivity contribution in [3.05, 3.63) is 40.1 Å². The van der Waals surface area contributed by atoms with Crippen molar-refractivity contribution >= 4 is 27.2 Å². The van der Waals surface area contributed by atoms with Gasteiger partial charge in [-0.2, -0.15) is 0 Å². The molecule has 1 aliphatic heterocycles. The molecule has 1 aliphatic carbocycles. The number of Topliss-reactive ketones (excluding diaryl/α,β-unsaturated/α-hetero) is 1. The summed E-state index contributed by atoms with van der Waals surface area (Å²) in [4.78, 5) is 26.6. The fourth-order valence-corrected chi connectivity index (χ4v) is 6.61. The summed E-state index contributed by atoms with van der Waals surface area (Å²) in [5.41, 5.74) is 4.15. The number of ketones is 1. The van der Waals surface area contributed by atoms with Crippen LogP contribution in [0.4, 0.5) is 0 Å². The van der Waals surface area contributed by atoms with Crippen LogP contribution in [-0.2, 0) is 37.0 Å². The molecule has 1 unspecified atom stereocenters. The first-order valence-corrected chi connectivity index (χ1v) is 14.0. The minimum Gasteiger partial charge on any atom is -0.430 e. The van der Waals surface area contributed by atoms with E-state index in [0.29, 0.717) is 37.0 Å². The summed E-state index contributed by atoms with van der Waals surface area (Å²) in [6.45, 7) is 11.7. The number of aryl methyl sites for hydroxylation is 3. The van der Waals surface area contributed by atoms with Crippen LogP contribution < -0.4 is 0 Å². The van der Waals surface area contributed by atoms with E-state index in [-0.39, 0.29) is 35.1 Å².